The third kappa shape index (κ3) is 3.64. The van der Waals surface area contributed by atoms with Gasteiger partial charge in [0.25, 0.3) is 0 Å². The van der Waals surface area contributed by atoms with Gasteiger partial charge in [-0.3, -0.25) is 4.79 Å². The van der Waals surface area contributed by atoms with Gasteiger partial charge < -0.3 is 0 Å². The molecule has 1 unspecified atom stereocenters. The summed E-state index contributed by atoms with van der Waals surface area (Å²) in [6.45, 7) is 1.47. The Hall–Kier alpha value is -1.82. The largest absolute Gasteiger partial charge is 0.293 e. The maximum Gasteiger partial charge on any atom is 0.178 e. The van der Waals surface area contributed by atoms with Gasteiger partial charge in [0.05, 0.1) is 10.8 Å². The minimum Gasteiger partial charge on any atom is -0.293 e. The van der Waals surface area contributed by atoms with Gasteiger partial charge in [-0.25, -0.2) is 17.6 Å². The summed E-state index contributed by atoms with van der Waals surface area (Å²) in [7, 11) is 0. The van der Waals surface area contributed by atoms with Gasteiger partial charge in [0, 0.05) is 17.0 Å². The number of thioether (sulfide) groups is 1. The molecular weight excluding hydrogens is 304 g/mol. The summed E-state index contributed by atoms with van der Waals surface area (Å²) in [6, 6.07) is 5.62. The molecule has 2 aromatic carbocycles. The summed E-state index contributed by atoms with van der Waals surface area (Å²) in [5.41, 5.74) is -0.265. The zero-order valence-electron chi connectivity index (χ0n) is 10.9. The Kier molecular flexibility index (Phi) is 4.67. The second-order valence-electron chi connectivity index (χ2n) is 4.32. The molecule has 0 aliphatic rings. The van der Waals surface area contributed by atoms with Crippen molar-refractivity contribution >= 4 is 17.5 Å². The van der Waals surface area contributed by atoms with Gasteiger partial charge in [-0.05, 0) is 31.2 Å². The molecule has 0 bridgehead atoms. The third-order valence-electron chi connectivity index (χ3n) is 2.76. The van der Waals surface area contributed by atoms with Crippen LogP contribution in [0, 0.1) is 23.3 Å². The van der Waals surface area contributed by atoms with E-state index < -0.39 is 34.3 Å². The van der Waals surface area contributed by atoms with Gasteiger partial charge in [0.15, 0.2) is 5.78 Å². The maximum atomic E-state index is 13.5. The lowest BCUT2D eigenvalue weighted by atomic mass is 10.1. The number of carbonyl (C=O) groups is 1. The van der Waals surface area contributed by atoms with Crippen LogP contribution < -0.4 is 0 Å². The predicted molar refractivity (Wildman–Crippen MR) is 72.4 cm³/mol. The zero-order valence-corrected chi connectivity index (χ0v) is 11.7. The number of hydrogen-bond donors (Lipinski definition) is 0. The number of carbonyl (C=O) groups excluding carboxylic acids is 1. The van der Waals surface area contributed by atoms with Crippen LogP contribution in [0.2, 0.25) is 0 Å². The molecule has 110 valence electrons. The molecule has 0 heterocycles. The van der Waals surface area contributed by atoms with Crippen LogP contribution in [0.4, 0.5) is 17.6 Å². The van der Waals surface area contributed by atoms with Crippen LogP contribution in [-0.2, 0) is 0 Å². The molecule has 0 saturated heterocycles. The van der Waals surface area contributed by atoms with Crippen molar-refractivity contribution < 1.29 is 22.4 Å². The van der Waals surface area contributed by atoms with Gasteiger partial charge in [0.2, 0.25) is 0 Å². The second kappa shape index (κ2) is 6.30. The van der Waals surface area contributed by atoms with Crippen molar-refractivity contribution in [2.45, 2.75) is 17.1 Å². The van der Waals surface area contributed by atoms with E-state index in [-0.39, 0.29) is 10.5 Å². The molecule has 0 amide bonds. The molecule has 2 aromatic rings. The van der Waals surface area contributed by atoms with E-state index >= 15 is 0 Å². The van der Waals surface area contributed by atoms with E-state index in [9.17, 15) is 22.4 Å². The van der Waals surface area contributed by atoms with Crippen LogP contribution >= 0.6 is 11.8 Å². The first-order chi connectivity index (χ1) is 9.88. The molecule has 0 fully saturated rings. The normalized spacial score (nSPS) is 12.2. The fourth-order valence-electron chi connectivity index (χ4n) is 1.72. The fourth-order valence-corrected chi connectivity index (χ4v) is 2.66. The van der Waals surface area contributed by atoms with Crippen molar-refractivity contribution in [2.24, 2.45) is 0 Å². The quantitative estimate of drug-likeness (QED) is 0.466. The Morgan fingerprint density at radius 3 is 2.10 bits per heavy atom. The van der Waals surface area contributed by atoms with Crippen molar-refractivity contribution in [1.82, 2.24) is 0 Å². The summed E-state index contributed by atoms with van der Waals surface area (Å²) >= 11 is 0.843. The average molecular weight is 314 g/mol. The Morgan fingerprint density at radius 1 is 0.952 bits per heavy atom. The molecular formula is C15H10F4OS. The second-order valence-corrected chi connectivity index (χ2v) is 5.71. The van der Waals surface area contributed by atoms with Crippen molar-refractivity contribution in [1.29, 1.82) is 0 Å². The first-order valence-corrected chi connectivity index (χ1v) is 6.87. The third-order valence-corrected chi connectivity index (χ3v) is 3.92. The van der Waals surface area contributed by atoms with Gasteiger partial charge >= 0.3 is 0 Å². The molecule has 0 spiro atoms. The zero-order chi connectivity index (χ0) is 15.6. The first kappa shape index (κ1) is 15.6. The topological polar surface area (TPSA) is 17.1 Å². The molecule has 0 aliphatic heterocycles. The number of benzene rings is 2. The Balaban J connectivity index is 2.19. The standard InChI is InChI=1S/C15H10F4OS/c1-8(21-14-5-3-10(17)7-13(14)19)15(20)11-4-2-9(16)6-12(11)18/h2-8H,1H3. The molecule has 1 atom stereocenters. The van der Waals surface area contributed by atoms with E-state index in [2.05, 4.69) is 0 Å². The number of ketones is 1. The SMILES string of the molecule is CC(Sc1ccc(F)cc1F)C(=O)c1ccc(F)cc1F. The molecule has 0 radical (unpaired) electrons. The Bertz CT molecular complexity index is 687. The highest BCUT2D eigenvalue weighted by molar-refractivity contribution is 8.00. The average Bonchev–Trinajstić information content (AvgIpc) is 2.41. The van der Waals surface area contributed by atoms with Gasteiger partial charge in [-0.15, -0.1) is 11.8 Å². The monoisotopic (exact) mass is 314 g/mol. The van der Waals surface area contributed by atoms with Crippen molar-refractivity contribution in [3.8, 4) is 0 Å². The van der Waals surface area contributed by atoms with Crippen molar-refractivity contribution in [2.75, 3.05) is 0 Å². The van der Waals surface area contributed by atoms with Crippen LogP contribution in [0.25, 0.3) is 0 Å². The Morgan fingerprint density at radius 2 is 1.52 bits per heavy atom. The molecule has 0 aliphatic carbocycles. The number of hydrogen-bond acceptors (Lipinski definition) is 2. The van der Waals surface area contributed by atoms with Crippen LogP contribution in [0.5, 0.6) is 0 Å². The van der Waals surface area contributed by atoms with Crippen LogP contribution in [0.1, 0.15) is 17.3 Å². The summed E-state index contributed by atoms with van der Waals surface area (Å²) < 4.78 is 52.7. The Labute approximate surface area is 123 Å². The highest BCUT2D eigenvalue weighted by Crippen LogP contribution is 2.29. The molecule has 0 N–H and O–H groups in total. The van der Waals surface area contributed by atoms with Crippen LogP contribution in [0.3, 0.4) is 0 Å². The van der Waals surface area contributed by atoms with E-state index in [4.69, 9.17) is 0 Å². The fraction of sp³-hybridized carbons (Fsp3) is 0.133. The molecule has 0 aromatic heterocycles. The van der Waals surface area contributed by atoms with Crippen LogP contribution in [0.15, 0.2) is 41.3 Å². The summed E-state index contributed by atoms with van der Waals surface area (Å²) in [5.74, 6) is -3.86. The minimum atomic E-state index is -0.966. The first-order valence-electron chi connectivity index (χ1n) is 5.99. The lowest BCUT2D eigenvalue weighted by molar-refractivity contribution is 0.0990. The number of Topliss-reactive ketones (excluding diaryl/α,β-unsaturated/α-hetero) is 1. The summed E-state index contributed by atoms with van der Waals surface area (Å²) in [5, 5.41) is -0.801. The number of rotatable bonds is 4. The minimum absolute atomic E-state index is 0.0831. The van der Waals surface area contributed by atoms with E-state index in [1.54, 1.807) is 0 Å². The van der Waals surface area contributed by atoms with E-state index in [1.165, 1.54) is 13.0 Å². The molecule has 2 rings (SSSR count). The van der Waals surface area contributed by atoms with Gasteiger partial charge in [0.1, 0.15) is 23.3 Å². The molecule has 0 saturated carbocycles. The van der Waals surface area contributed by atoms with E-state index in [0.717, 1.165) is 30.0 Å². The summed E-state index contributed by atoms with van der Waals surface area (Å²) in [6.07, 6.45) is 0. The lowest BCUT2D eigenvalue weighted by Crippen LogP contribution is -2.15. The summed E-state index contributed by atoms with van der Waals surface area (Å²) in [4.78, 5) is 12.2. The maximum absolute atomic E-state index is 13.5. The highest BCUT2D eigenvalue weighted by atomic mass is 32.2. The van der Waals surface area contributed by atoms with Crippen molar-refractivity contribution in [3.05, 3.63) is 65.2 Å². The molecule has 6 heteroatoms. The highest BCUT2D eigenvalue weighted by Gasteiger charge is 2.21. The van der Waals surface area contributed by atoms with E-state index in [1.807, 2.05) is 0 Å². The molecule has 1 nitrogen and oxygen atoms in total. The lowest BCUT2D eigenvalue weighted by Gasteiger charge is -2.11. The van der Waals surface area contributed by atoms with E-state index in [0.29, 0.717) is 12.1 Å². The smallest absolute Gasteiger partial charge is 0.178 e. The predicted octanol–water partition coefficient (Wildman–Crippen LogP) is 4.61. The van der Waals surface area contributed by atoms with Crippen molar-refractivity contribution in [3.63, 3.8) is 0 Å². The van der Waals surface area contributed by atoms with Gasteiger partial charge in [-0.2, -0.15) is 0 Å². The number of halogens is 4. The van der Waals surface area contributed by atoms with Crippen LogP contribution in [-0.4, -0.2) is 11.0 Å². The molecule has 21 heavy (non-hydrogen) atoms. The van der Waals surface area contributed by atoms with Gasteiger partial charge in [-0.1, -0.05) is 0 Å².